The lowest BCUT2D eigenvalue weighted by Gasteiger charge is -2.25. The molecule has 0 bridgehead atoms. The van der Waals surface area contributed by atoms with Crippen molar-refractivity contribution in [2.45, 2.75) is 31.6 Å². The van der Waals surface area contributed by atoms with Gasteiger partial charge in [-0.1, -0.05) is 0 Å². The summed E-state index contributed by atoms with van der Waals surface area (Å²) in [5, 5.41) is 0. The number of hydrogen-bond acceptors (Lipinski definition) is 2. The summed E-state index contributed by atoms with van der Waals surface area (Å²) in [5.74, 6) is -15.7. The largest absolute Gasteiger partial charge is 0.380 e. The summed E-state index contributed by atoms with van der Waals surface area (Å²) < 4.78 is 94.7. The average Bonchev–Trinajstić information content (AvgIpc) is 3.42. The fraction of sp³-hybridized carbons (Fsp3) is 0.259. The van der Waals surface area contributed by atoms with E-state index in [9.17, 15) is 8.78 Å². The minimum atomic E-state index is -5.59. The van der Waals surface area contributed by atoms with Gasteiger partial charge in [-0.15, -0.1) is 22.7 Å². The Balaban J connectivity index is 1.76. The maximum absolute atomic E-state index is 15.4. The number of rotatable bonds is 4. The number of nitrogens with zero attached hydrogens (tertiary/aromatic N) is 2. The number of halogens is 6. The molecular formula is C27H22F6N2S2+2. The van der Waals surface area contributed by atoms with Crippen LogP contribution in [0.2, 0.25) is 0 Å². The molecule has 10 heteroatoms. The zero-order valence-electron chi connectivity index (χ0n) is 20.3. The lowest BCUT2D eigenvalue weighted by Crippen LogP contribution is -2.48. The van der Waals surface area contributed by atoms with Crippen LogP contribution in [0.1, 0.15) is 20.9 Å². The molecule has 192 valence electrons. The van der Waals surface area contributed by atoms with Crippen LogP contribution < -0.4 is 9.13 Å². The predicted octanol–water partition coefficient (Wildman–Crippen LogP) is 7.24. The highest BCUT2D eigenvalue weighted by atomic mass is 32.1. The van der Waals surface area contributed by atoms with Crippen LogP contribution in [0.15, 0.2) is 61.2 Å². The molecule has 0 saturated carbocycles. The molecule has 4 aromatic rings. The molecule has 1 aliphatic rings. The molecule has 0 amide bonds. The maximum atomic E-state index is 15.4. The van der Waals surface area contributed by atoms with Gasteiger partial charge in [0.15, 0.2) is 24.8 Å². The zero-order valence-corrected chi connectivity index (χ0v) is 21.9. The smallest absolute Gasteiger partial charge is 0.208 e. The van der Waals surface area contributed by atoms with Crippen molar-refractivity contribution in [1.82, 2.24) is 0 Å². The van der Waals surface area contributed by atoms with Crippen molar-refractivity contribution < 1.29 is 35.5 Å². The molecule has 0 atom stereocenters. The van der Waals surface area contributed by atoms with E-state index in [-0.39, 0.29) is 20.9 Å². The van der Waals surface area contributed by atoms with Crippen LogP contribution in [0.4, 0.5) is 26.3 Å². The normalized spacial score (nSPS) is 18.0. The zero-order chi connectivity index (χ0) is 26.9. The highest BCUT2D eigenvalue weighted by molar-refractivity contribution is 7.16. The van der Waals surface area contributed by atoms with E-state index in [0.717, 1.165) is 22.7 Å². The molecule has 0 spiro atoms. The van der Waals surface area contributed by atoms with Crippen molar-refractivity contribution >= 4 is 33.8 Å². The van der Waals surface area contributed by atoms with Crippen LogP contribution >= 0.6 is 22.7 Å². The summed E-state index contributed by atoms with van der Waals surface area (Å²) in [6.45, 7) is 2.97. The predicted molar refractivity (Wildman–Crippen MR) is 133 cm³/mol. The van der Waals surface area contributed by atoms with Gasteiger partial charge in [0.25, 0.3) is 0 Å². The van der Waals surface area contributed by atoms with Gasteiger partial charge in [-0.3, -0.25) is 0 Å². The third kappa shape index (κ3) is 3.84. The molecule has 0 radical (unpaired) electrons. The van der Waals surface area contributed by atoms with Gasteiger partial charge in [-0.2, -0.15) is 26.3 Å². The standard InChI is InChI=1S/C27H22F6N2S2/c1-15-19(13-21(36-15)17-5-9-34(3)10-6-17)23-24(26(30,31)27(32,33)25(23,28)29)20-14-22(37-16(20)2)18-7-11-35(4)12-8-18/h5-14H,1-4H3/q+2. The van der Waals surface area contributed by atoms with Crippen LogP contribution in [0.5, 0.6) is 0 Å². The summed E-state index contributed by atoms with van der Waals surface area (Å²) in [6.07, 6.45) is 7.00. The van der Waals surface area contributed by atoms with E-state index in [4.69, 9.17) is 0 Å². The van der Waals surface area contributed by atoms with Gasteiger partial charge in [0.05, 0.1) is 0 Å². The Bertz CT molecular complexity index is 1420. The number of hydrogen-bond donors (Lipinski definition) is 0. The fourth-order valence-corrected chi connectivity index (χ4v) is 6.57. The summed E-state index contributed by atoms with van der Waals surface area (Å²) in [5.41, 5.74) is -1.85. The Hall–Kier alpha value is -2.98. The Morgan fingerprint density at radius 3 is 1.24 bits per heavy atom. The summed E-state index contributed by atoms with van der Waals surface area (Å²) in [4.78, 5) is 1.56. The maximum Gasteiger partial charge on any atom is 0.380 e. The SMILES string of the molecule is Cc1sc(-c2cc[n+](C)cc2)cc1C1=C(c2cc(-c3cc[n+](C)cc3)sc2C)C(F)(F)C(F)(F)C1(F)F. The molecule has 1 aliphatic carbocycles. The van der Waals surface area contributed by atoms with Crippen molar-refractivity contribution in [3.05, 3.63) is 82.1 Å². The molecule has 0 N–H and O–H groups in total. The minimum Gasteiger partial charge on any atom is -0.208 e. The second-order valence-electron chi connectivity index (χ2n) is 9.14. The van der Waals surface area contributed by atoms with Crippen molar-refractivity contribution in [1.29, 1.82) is 0 Å². The monoisotopic (exact) mass is 552 g/mol. The molecular weight excluding hydrogens is 530 g/mol. The van der Waals surface area contributed by atoms with Crippen molar-refractivity contribution in [2.75, 3.05) is 0 Å². The van der Waals surface area contributed by atoms with E-state index in [0.29, 0.717) is 20.9 Å². The minimum absolute atomic E-state index is 0.257. The molecule has 4 aromatic heterocycles. The van der Waals surface area contributed by atoms with Gasteiger partial charge in [-0.25, -0.2) is 9.13 Å². The van der Waals surface area contributed by atoms with Crippen LogP contribution in [0.25, 0.3) is 32.0 Å². The number of aromatic nitrogens is 2. The first-order valence-corrected chi connectivity index (χ1v) is 12.9. The first-order chi connectivity index (χ1) is 17.3. The highest BCUT2D eigenvalue weighted by Crippen LogP contribution is 2.66. The van der Waals surface area contributed by atoms with E-state index >= 15 is 17.6 Å². The molecule has 0 fully saturated rings. The van der Waals surface area contributed by atoms with Gasteiger partial charge in [0.2, 0.25) is 0 Å². The molecule has 0 aromatic carbocycles. The molecule has 4 heterocycles. The molecule has 0 saturated heterocycles. The van der Waals surface area contributed by atoms with Crippen molar-refractivity contribution in [2.24, 2.45) is 14.1 Å². The van der Waals surface area contributed by atoms with E-state index in [1.165, 1.54) is 26.0 Å². The molecule has 37 heavy (non-hydrogen) atoms. The van der Waals surface area contributed by atoms with E-state index in [1.54, 1.807) is 58.2 Å². The van der Waals surface area contributed by atoms with Gasteiger partial charge in [0, 0.05) is 66.0 Å². The summed E-state index contributed by atoms with van der Waals surface area (Å²) in [6, 6.07) is 9.61. The van der Waals surface area contributed by atoms with Crippen LogP contribution in [0.3, 0.4) is 0 Å². The van der Waals surface area contributed by atoms with Crippen LogP contribution in [-0.2, 0) is 14.1 Å². The number of allylic oxidation sites excluding steroid dienone is 2. The van der Waals surface area contributed by atoms with Gasteiger partial charge >= 0.3 is 17.8 Å². The Labute approximate surface area is 217 Å². The number of alkyl halides is 6. The third-order valence-electron chi connectivity index (χ3n) is 6.57. The molecule has 0 unspecified atom stereocenters. The van der Waals surface area contributed by atoms with Crippen LogP contribution in [-0.4, -0.2) is 17.8 Å². The van der Waals surface area contributed by atoms with Crippen LogP contribution in [0, 0.1) is 13.8 Å². The summed E-state index contributed by atoms with van der Waals surface area (Å²) >= 11 is 2.20. The molecule has 0 aliphatic heterocycles. The van der Waals surface area contributed by atoms with Gasteiger partial charge in [-0.05, 0) is 37.1 Å². The topological polar surface area (TPSA) is 7.76 Å². The average molecular weight is 553 g/mol. The molecule has 5 rings (SSSR count). The first kappa shape index (κ1) is 25.7. The Morgan fingerprint density at radius 2 is 0.919 bits per heavy atom. The summed E-state index contributed by atoms with van der Waals surface area (Å²) in [7, 11) is 3.62. The number of pyridine rings is 2. The van der Waals surface area contributed by atoms with Crippen molar-refractivity contribution in [3.8, 4) is 20.9 Å². The quantitative estimate of drug-likeness (QED) is 0.186. The first-order valence-electron chi connectivity index (χ1n) is 11.3. The van der Waals surface area contributed by atoms with E-state index < -0.39 is 28.9 Å². The number of thiophene rings is 2. The van der Waals surface area contributed by atoms with Gasteiger partial charge < -0.3 is 0 Å². The lowest BCUT2D eigenvalue weighted by molar-refractivity contribution is -0.671. The van der Waals surface area contributed by atoms with E-state index in [1.807, 2.05) is 14.1 Å². The number of aryl methyl sites for hydroxylation is 4. The third-order valence-corrected chi connectivity index (χ3v) is 8.77. The highest BCUT2D eigenvalue weighted by Gasteiger charge is 2.80. The van der Waals surface area contributed by atoms with Gasteiger partial charge in [0.1, 0.15) is 14.1 Å². The fourth-order valence-electron chi connectivity index (χ4n) is 4.51. The van der Waals surface area contributed by atoms with E-state index in [2.05, 4.69) is 0 Å². The Morgan fingerprint density at radius 1 is 0.595 bits per heavy atom. The second kappa shape index (κ2) is 8.52. The molecule has 2 nitrogen and oxygen atoms in total. The van der Waals surface area contributed by atoms with Crippen molar-refractivity contribution in [3.63, 3.8) is 0 Å². The Kier molecular flexibility index (Phi) is 5.91. The lowest BCUT2D eigenvalue weighted by atomic mass is 9.94. The second-order valence-corrected chi connectivity index (χ2v) is 11.7.